The van der Waals surface area contributed by atoms with Gasteiger partial charge in [-0.25, -0.2) is 0 Å². The molecule has 2 saturated heterocycles. The maximum absolute atomic E-state index is 12.0. The van der Waals surface area contributed by atoms with Crippen LogP contribution >= 0.6 is 12.4 Å². The molecule has 0 aromatic carbocycles. The number of hydrogen-bond acceptors (Lipinski definition) is 2. The molecule has 1 amide bonds. The second kappa shape index (κ2) is 5.15. The monoisotopic (exact) mass is 258 g/mol. The van der Waals surface area contributed by atoms with E-state index in [1.165, 1.54) is 32.1 Å². The minimum Gasteiger partial charge on any atom is -0.342 e. The van der Waals surface area contributed by atoms with Crippen LogP contribution in [0.5, 0.6) is 0 Å². The van der Waals surface area contributed by atoms with Gasteiger partial charge in [0.05, 0.1) is 0 Å². The van der Waals surface area contributed by atoms with Crippen LogP contribution in [0.4, 0.5) is 0 Å². The van der Waals surface area contributed by atoms with E-state index in [9.17, 15) is 4.79 Å². The summed E-state index contributed by atoms with van der Waals surface area (Å²) in [5, 5.41) is 3.42. The van der Waals surface area contributed by atoms with Gasteiger partial charge in [0.25, 0.3) is 0 Å². The molecule has 1 spiro atoms. The summed E-state index contributed by atoms with van der Waals surface area (Å²) in [6, 6.07) is 0. The molecule has 0 atom stereocenters. The van der Waals surface area contributed by atoms with Gasteiger partial charge in [0, 0.05) is 19.5 Å². The summed E-state index contributed by atoms with van der Waals surface area (Å²) < 4.78 is 0. The van der Waals surface area contributed by atoms with E-state index in [0.717, 1.165) is 38.5 Å². The molecular formula is C13H23ClN2O. The topological polar surface area (TPSA) is 32.3 Å². The lowest BCUT2D eigenvalue weighted by atomic mass is 9.78. The maximum atomic E-state index is 12.0. The molecule has 4 heteroatoms. The highest BCUT2D eigenvalue weighted by molar-refractivity contribution is 5.85. The molecule has 3 fully saturated rings. The Morgan fingerprint density at radius 2 is 1.94 bits per heavy atom. The van der Waals surface area contributed by atoms with E-state index in [1.807, 2.05) is 0 Å². The Morgan fingerprint density at radius 3 is 2.59 bits per heavy atom. The fraction of sp³-hybridized carbons (Fsp3) is 0.923. The van der Waals surface area contributed by atoms with Gasteiger partial charge in [0.2, 0.25) is 5.91 Å². The average Bonchev–Trinajstić information content (AvgIpc) is 3.01. The minimum absolute atomic E-state index is 0. The average molecular weight is 259 g/mol. The van der Waals surface area contributed by atoms with E-state index in [-0.39, 0.29) is 12.4 Å². The van der Waals surface area contributed by atoms with Gasteiger partial charge >= 0.3 is 0 Å². The Labute approximate surface area is 110 Å². The third kappa shape index (κ3) is 2.94. The maximum Gasteiger partial charge on any atom is 0.222 e. The van der Waals surface area contributed by atoms with E-state index in [4.69, 9.17) is 0 Å². The fourth-order valence-electron chi connectivity index (χ4n) is 3.21. The van der Waals surface area contributed by atoms with Crippen molar-refractivity contribution in [1.29, 1.82) is 0 Å². The molecule has 3 aliphatic rings. The largest absolute Gasteiger partial charge is 0.342 e. The third-order valence-corrected chi connectivity index (χ3v) is 4.62. The third-order valence-electron chi connectivity index (χ3n) is 4.62. The van der Waals surface area contributed by atoms with Gasteiger partial charge in [0.1, 0.15) is 0 Å². The Bertz CT molecular complexity index is 285. The molecule has 0 bridgehead atoms. The van der Waals surface area contributed by atoms with Gasteiger partial charge in [-0.05, 0) is 56.5 Å². The summed E-state index contributed by atoms with van der Waals surface area (Å²) in [6.07, 6.45) is 7.17. The molecule has 3 nitrogen and oxygen atoms in total. The van der Waals surface area contributed by atoms with Crippen molar-refractivity contribution >= 4 is 18.3 Å². The van der Waals surface area contributed by atoms with Gasteiger partial charge in [-0.2, -0.15) is 0 Å². The molecule has 1 N–H and O–H groups in total. The lowest BCUT2D eigenvalue weighted by Gasteiger charge is -2.33. The quantitative estimate of drug-likeness (QED) is 0.819. The number of carbonyl (C=O) groups is 1. The highest BCUT2D eigenvalue weighted by atomic mass is 35.5. The highest BCUT2D eigenvalue weighted by Crippen LogP contribution is 2.40. The summed E-state index contributed by atoms with van der Waals surface area (Å²) in [7, 11) is 0. The van der Waals surface area contributed by atoms with Gasteiger partial charge in [-0.1, -0.05) is 0 Å². The highest BCUT2D eigenvalue weighted by Gasteiger charge is 2.41. The molecule has 3 rings (SSSR count). The number of nitrogens with one attached hydrogen (secondary N) is 1. The number of rotatable bonds is 2. The summed E-state index contributed by atoms with van der Waals surface area (Å²) in [5.41, 5.74) is 0.477. The predicted molar refractivity (Wildman–Crippen MR) is 70.3 cm³/mol. The predicted octanol–water partition coefficient (Wildman–Crippen LogP) is 1.81. The molecule has 2 aliphatic heterocycles. The van der Waals surface area contributed by atoms with Gasteiger partial charge < -0.3 is 10.2 Å². The van der Waals surface area contributed by atoms with E-state index in [2.05, 4.69) is 10.2 Å². The molecule has 98 valence electrons. The van der Waals surface area contributed by atoms with Crippen molar-refractivity contribution < 1.29 is 4.79 Å². The number of likely N-dealkylation sites (tertiary alicyclic amines) is 1. The normalized spacial score (nSPS) is 26.9. The van der Waals surface area contributed by atoms with E-state index >= 15 is 0 Å². The summed E-state index contributed by atoms with van der Waals surface area (Å²) in [5.74, 6) is 1.16. The van der Waals surface area contributed by atoms with Crippen molar-refractivity contribution in [2.45, 2.75) is 38.5 Å². The first-order chi connectivity index (χ1) is 7.77. The zero-order valence-corrected chi connectivity index (χ0v) is 11.2. The summed E-state index contributed by atoms with van der Waals surface area (Å²) in [6.45, 7) is 4.35. The van der Waals surface area contributed by atoms with Crippen molar-refractivity contribution in [3.05, 3.63) is 0 Å². The van der Waals surface area contributed by atoms with Crippen LogP contribution in [0.1, 0.15) is 38.5 Å². The van der Waals surface area contributed by atoms with E-state index in [0.29, 0.717) is 11.3 Å². The summed E-state index contributed by atoms with van der Waals surface area (Å²) in [4.78, 5) is 14.2. The molecule has 17 heavy (non-hydrogen) atoms. The molecule has 0 unspecified atom stereocenters. The Kier molecular flexibility index (Phi) is 3.99. The smallest absolute Gasteiger partial charge is 0.222 e. The lowest BCUT2D eigenvalue weighted by molar-refractivity contribution is -0.131. The lowest BCUT2D eigenvalue weighted by Crippen LogP contribution is -2.39. The Balaban J connectivity index is 0.00000108. The Hall–Kier alpha value is -0.280. The van der Waals surface area contributed by atoms with Crippen LogP contribution in [0.3, 0.4) is 0 Å². The molecule has 1 aliphatic carbocycles. The number of hydrogen-bond donors (Lipinski definition) is 1. The van der Waals surface area contributed by atoms with Crippen LogP contribution in [-0.4, -0.2) is 37.0 Å². The molecule has 1 saturated carbocycles. The first-order valence-electron chi connectivity index (χ1n) is 6.76. The molecule has 0 radical (unpaired) electrons. The standard InChI is InChI=1S/C13H22N2O.ClH/c16-12(9-11-1-2-11)15-8-5-13(10-15)3-6-14-7-4-13;/h11,14H,1-10H2;1H. The first kappa shape index (κ1) is 13.2. The molecule has 2 heterocycles. The number of carbonyl (C=O) groups excluding carboxylic acids is 1. The Morgan fingerprint density at radius 1 is 1.24 bits per heavy atom. The first-order valence-corrected chi connectivity index (χ1v) is 6.76. The number of piperidine rings is 1. The SMILES string of the molecule is Cl.O=C(CC1CC1)N1CCC2(CCNCC2)C1. The van der Waals surface area contributed by atoms with E-state index < -0.39 is 0 Å². The van der Waals surface area contributed by atoms with Crippen LogP contribution in [0.2, 0.25) is 0 Å². The number of amides is 1. The number of halogens is 1. The minimum atomic E-state index is 0. The molecule has 0 aromatic heterocycles. The van der Waals surface area contributed by atoms with Crippen molar-refractivity contribution in [2.24, 2.45) is 11.3 Å². The van der Waals surface area contributed by atoms with Gasteiger partial charge in [-0.15, -0.1) is 12.4 Å². The van der Waals surface area contributed by atoms with Crippen LogP contribution in [-0.2, 0) is 4.79 Å². The number of nitrogens with zero attached hydrogens (tertiary/aromatic N) is 1. The van der Waals surface area contributed by atoms with Crippen molar-refractivity contribution in [3.63, 3.8) is 0 Å². The second-order valence-corrected chi connectivity index (χ2v) is 5.96. The van der Waals surface area contributed by atoms with Crippen molar-refractivity contribution in [1.82, 2.24) is 10.2 Å². The summed E-state index contributed by atoms with van der Waals surface area (Å²) >= 11 is 0. The zero-order chi connectivity index (χ0) is 11.0. The van der Waals surface area contributed by atoms with Gasteiger partial charge in [0.15, 0.2) is 0 Å². The molecular weight excluding hydrogens is 236 g/mol. The van der Waals surface area contributed by atoms with Crippen LogP contribution in [0.25, 0.3) is 0 Å². The van der Waals surface area contributed by atoms with Crippen LogP contribution < -0.4 is 5.32 Å². The second-order valence-electron chi connectivity index (χ2n) is 5.96. The van der Waals surface area contributed by atoms with Crippen molar-refractivity contribution in [2.75, 3.05) is 26.2 Å². The van der Waals surface area contributed by atoms with Crippen LogP contribution in [0.15, 0.2) is 0 Å². The zero-order valence-electron chi connectivity index (χ0n) is 10.4. The van der Waals surface area contributed by atoms with Gasteiger partial charge in [-0.3, -0.25) is 4.79 Å². The van der Waals surface area contributed by atoms with E-state index in [1.54, 1.807) is 0 Å². The van der Waals surface area contributed by atoms with Crippen LogP contribution in [0, 0.1) is 11.3 Å². The van der Waals surface area contributed by atoms with Crippen molar-refractivity contribution in [3.8, 4) is 0 Å². The molecule has 0 aromatic rings. The fourth-order valence-corrected chi connectivity index (χ4v) is 3.21.